The van der Waals surface area contributed by atoms with Gasteiger partial charge in [-0.3, -0.25) is 9.69 Å². The van der Waals surface area contributed by atoms with Crippen LogP contribution in [0.4, 0.5) is 8.78 Å². The number of hydrogen-bond donors (Lipinski definition) is 1. The number of carbonyl (C=O) groups excluding carboxylic acids is 1. The molecule has 29 heavy (non-hydrogen) atoms. The van der Waals surface area contributed by atoms with Crippen LogP contribution in [0.1, 0.15) is 28.5 Å². The molecule has 3 aromatic rings. The number of Topliss-reactive ketones (excluding diaryl/α,β-unsaturated/α-hetero) is 1. The molecular formula is C22H24F2N2O3. The second kappa shape index (κ2) is 9.05. The predicted octanol–water partition coefficient (Wildman–Crippen LogP) is 4.79. The Morgan fingerprint density at radius 3 is 2.66 bits per heavy atom. The van der Waals surface area contributed by atoms with Gasteiger partial charge in [0.05, 0.1) is 13.2 Å². The number of ketones is 1. The Balaban J connectivity index is 1.73. The maximum Gasteiger partial charge on any atom is 0.387 e. The first-order chi connectivity index (χ1) is 13.9. The Morgan fingerprint density at radius 1 is 1.17 bits per heavy atom. The van der Waals surface area contributed by atoms with E-state index in [1.165, 1.54) is 6.07 Å². The van der Waals surface area contributed by atoms with E-state index in [2.05, 4.69) is 9.72 Å². The van der Waals surface area contributed by atoms with E-state index >= 15 is 0 Å². The van der Waals surface area contributed by atoms with Crippen molar-refractivity contribution in [3.8, 4) is 11.5 Å². The van der Waals surface area contributed by atoms with Gasteiger partial charge >= 0.3 is 6.61 Å². The van der Waals surface area contributed by atoms with Crippen LogP contribution in [0.5, 0.6) is 11.5 Å². The maximum absolute atomic E-state index is 12.9. The predicted molar refractivity (Wildman–Crippen MR) is 108 cm³/mol. The largest absolute Gasteiger partial charge is 0.490 e. The van der Waals surface area contributed by atoms with Crippen molar-refractivity contribution in [1.82, 2.24) is 9.88 Å². The number of fused-ring (bicyclic) bond motifs is 1. The van der Waals surface area contributed by atoms with E-state index in [0.717, 1.165) is 22.2 Å². The van der Waals surface area contributed by atoms with E-state index in [4.69, 9.17) is 4.74 Å². The minimum atomic E-state index is -2.92. The molecule has 0 aliphatic carbocycles. The number of nitrogens with one attached hydrogen (secondary N) is 1. The number of para-hydroxylation sites is 1. The van der Waals surface area contributed by atoms with Gasteiger partial charge in [0.2, 0.25) is 0 Å². The first-order valence-electron chi connectivity index (χ1n) is 9.38. The van der Waals surface area contributed by atoms with Crippen LogP contribution in [0.2, 0.25) is 0 Å². The molecule has 7 heteroatoms. The molecule has 154 valence electrons. The Hall–Kier alpha value is -2.93. The summed E-state index contributed by atoms with van der Waals surface area (Å²) in [5, 5.41) is 0.913. The molecule has 1 N–H and O–H groups in total. The van der Waals surface area contributed by atoms with Gasteiger partial charge in [0.25, 0.3) is 0 Å². The first kappa shape index (κ1) is 20.8. The van der Waals surface area contributed by atoms with E-state index in [9.17, 15) is 13.6 Å². The van der Waals surface area contributed by atoms with E-state index in [-0.39, 0.29) is 23.8 Å². The molecule has 5 nitrogen and oxygen atoms in total. The molecule has 0 atom stereocenters. The van der Waals surface area contributed by atoms with Gasteiger partial charge in [-0.1, -0.05) is 24.3 Å². The van der Waals surface area contributed by atoms with Crippen LogP contribution in [0.15, 0.2) is 42.5 Å². The van der Waals surface area contributed by atoms with E-state index in [1.54, 1.807) is 19.1 Å². The van der Waals surface area contributed by atoms with E-state index in [1.807, 2.05) is 43.1 Å². The highest BCUT2D eigenvalue weighted by atomic mass is 19.3. The Morgan fingerprint density at radius 2 is 1.93 bits per heavy atom. The fourth-order valence-electron chi connectivity index (χ4n) is 3.44. The minimum absolute atomic E-state index is 0.00116. The summed E-state index contributed by atoms with van der Waals surface area (Å²) in [6.45, 7) is 1.76. The number of likely N-dealkylation sites (N-methyl/N-ethyl adjacent to an activating group) is 1. The van der Waals surface area contributed by atoms with Gasteiger partial charge < -0.3 is 14.5 Å². The third-order valence-electron chi connectivity index (χ3n) is 4.56. The number of alkyl halides is 2. The second-order valence-electron chi connectivity index (χ2n) is 6.86. The van der Waals surface area contributed by atoms with Crippen LogP contribution < -0.4 is 9.47 Å². The number of carbonyl (C=O) groups is 1. The molecular weight excluding hydrogens is 378 g/mol. The number of benzene rings is 2. The number of H-pyrrole nitrogens is 1. The summed E-state index contributed by atoms with van der Waals surface area (Å²) >= 11 is 0. The quantitative estimate of drug-likeness (QED) is 0.523. The third kappa shape index (κ3) is 4.92. The first-order valence-corrected chi connectivity index (χ1v) is 9.38. The highest BCUT2D eigenvalue weighted by molar-refractivity contribution is 6.10. The van der Waals surface area contributed by atoms with E-state index < -0.39 is 6.61 Å². The summed E-state index contributed by atoms with van der Waals surface area (Å²) < 4.78 is 35.0. The third-order valence-corrected chi connectivity index (χ3v) is 4.56. The topological polar surface area (TPSA) is 54.6 Å². The SMILES string of the molecule is CCOc1cc(CN(C)CC(=O)c2c(C)[nH]c3ccccc23)ccc1OC(F)F. The fraction of sp³-hybridized carbons (Fsp3) is 0.318. The van der Waals surface area contributed by atoms with Crippen molar-refractivity contribution in [2.75, 3.05) is 20.2 Å². The van der Waals surface area contributed by atoms with Crippen molar-refractivity contribution in [1.29, 1.82) is 0 Å². The van der Waals surface area contributed by atoms with Crippen molar-refractivity contribution in [3.05, 3.63) is 59.3 Å². The standard InChI is InChI=1S/C22H24F2N2O3/c1-4-28-20-11-15(9-10-19(20)29-22(23)24)12-26(3)13-18(27)21-14(2)25-17-8-6-5-7-16(17)21/h5-11,22,25H,4,12-13H2,1-3H3. The molecule has 1 heterocycles. The smallest absolute Gasteiger partial charge is 0.387 e. The molecule has 0 aliphatic rings. The lowest BCUT2D eigenvalue weighted by molar-refractivity contribution is -0.0514. The van der Waals surface area contributed by atoms with Gasteiger partial charge in [-0.2, -0.15) is 8.78 Å². The molecule has 0 aliphatic heterocycles. The van der Waals surface area contributed by atoms with Crippen molar-refractivity contribution in [3.63, 3.8) is 0 Å². The number of aromatic amines is 1. The molecule has 0 radical (unpaired) electrons. The number of hydrogen-bond acceptors (Lipinski definition) is 4. The van der Waals surface area contributed by atoms with Crippen molar-refractivity contribution in [2.45, 2.75) is 27.0 Å². The van der Waals surface area contributed by atoms with Crippen LogP contribution in [0, 0.1) is 6.92 Å². The van der Waals surface area contributed by atoms with Crippen LogP contribution in [-0.2, 0) is 6.54 Å². The number of aryl methyl sites for hydroxylation is 1. The summed E-state index contributed by atoms with van der Waals surface area (Å²) in [5.74, 6) is 0.279. The van der Waals surface area contributed by atoms with Crippen LogP contribution in [-0.4, -0.2) is 42.5 Å². The van der Waals surface area contributed by atoms with Crippen molar-refractivity contribution < 1.29 is 23.0 Å². The normalized spacial score (nSPS) is 11.4. The molecule has 3 rings (SSSR count). The van der Waals surface area contributed by atoms with Crippen LogP contribution in [0.25, 0.3) is 10.9 Å². The van der Waals surface area contributed by atoms with Gasteiger partial charge in [0, 0.05) is 28.7 Å². The second-order valence-corrected chi connectivity index (χ2v) is 6.86. The Kier molecular flexibility index (Phi) is 6.49. The zero-order valence-corrected chi connectivity index (χ0v) is 16.7. The van der Waals surface area contributed by atoms with Gasteiger partial charge in [0.15, 0.2) is 17.3 Å². The summed E-state index contributed by atoms with van der Waals surface area (Å²) in [4.78, 5) is 18.0. The zero-order valence-electron chi connectivity index (χ0n) is 16.7. The van der Waals surface area contributed by atoms with Crippen LogP contribution in [0.3, 0.4) is 0 Å². The zero-order chi connectivity index (χ0) is 21.0. The molecule has 0 bridgehead atoms. The van der Waals surface area contributed by atoms with Gasteiger partial charge in [0.1, 0.15) is 0 Å². The highest BCUT2D eigenvalue weighted by Gasteiger charge is 2.18. The van der Waals surface area contributed by atoms with Crippen molar-refractivity contribution >= 4 is 16.7 Å². The summed E-state index contributed by atoms with van der Waals surface area (Å²) in [5.41, 5.74) is 3.31. The molecule has 0 amide bonds. The number of nitrogens with zero attached hydrogens (tertiary/aromatic N) is 1. The lowest BCUT2D eigenvalue weighted by atomic mass is 10.1. The molecule has 0 saturated heterocycles. The Bertz CT molecular complexity index is 1000. The maximum atomic E-state index is 12.9. The molecule has 0 spiro atoms. The fourth-order valence-corrected chi connectivity index (χ4v) is 3.44. The van der Waals surface area contributed by atoms with Crippen molar-refractivity contribution in [2.24, 2.45) is 0 Å². The monoisotopic (exact) mass is 402 g/mol. The Labute approximate surface area is 168 Å². The minimum Gasteiger partial charge on any atom is -0.490 e. The molecule has 0 unspecified atom stereocenters. The number of aromatic nitrogens is 1. The molecule has 1 aromatic heterocycles. The number of halogens is 2. The lowest BCUT2D eigenvalue weighted by Crippen LogP contribution is -2.26. The molecule has 0 saturated carbocycles. The summed E-state index contributed by atoms with van der Waals surface area (Å²) in [7, 11) is 1.84. The highest BCUT2D eigenvalue weighted by Crippen LogP contribution is 2.30. The average Bonchev–Trinajstić information content (AvgIpc) is 2.99. The van der Waals surface area contributed by atoms with E-state index in [0.29, 0.717) is 18.7 Å². The number of rotatable bonds is 9. The van der Waals surface area contributed by atoms with Crippen LogP contribution >= 0.6 is 0 Å². The van der Waals surface area contributed by atoms with Gasteiger partial charge in [-0.25, -0.2) is 0 Å². The van der Waals surface area contributed by atoms with Gasteiger partial charge in [-0.05, 0) is 44.7 Å². The molecule has 0 fully saturated rings. The molecule has 2 aromatic carbocycles. The number of ether oxygens (including phenoxy) is 2. The lowest BCUT2D eigenvalue weighted by Gasteiger charge is -2.18. The van der Waals surface area contributed by atoms with Gasteiger partial charge in [-0.15, -0.1) is 0 Å². The summed E-state index contributed by atoms with van der Waals surface area (Å²) in [6, 6.07) is 12.5. The average molecular weight is 402 g/mol. The summed E-state index contributed by atoms with van der Waals surface area (Å²) in [6.07, 6.45) is 0.